The van der Waals surface area contributed by atoms with Crippen LogP contribution in [0.3, 0.4) is 0 Å². The van der Waals surface area contributed by atoms with Crippen molar-refractivity contribution in [3.8, 4) is 0 Å². The van der Waals surface area contributed by atoms with Gasteiger partial charge in [0.25, 0.3) is 10.0 Å². The lowest BCUT2D eigenvalue weighted by atomic mass is 9.93. The number of nitrogens with zero attached hydrogens (tertiary/aromatic N) is 4. The van der Waals surface area contributed by atoms with Gasteiger partial charge in [-0.15, -0.1) is 0 Å². The maximum Gasteiger partial charge on any atom is 0.262 e. The molecule has 0 N–H and O–H groups in total. The highest BCUT2D eigenvalue weighted by molar-refractivity contribution is 7.89. The van der Waals surface area contributed by atoms with E-state index < -0.39 is 10.0 Å². The van der Waals surface area contributed by atoms with Gasteiger partial charge in [-0.05, 0) is 55.5 Å². The third-order valence-electron chi connectivity index (χ3n) is 5.47. The molecule has 0 amide bonds. The molecular formula is C22H25ClN4O2S. The van der Waals surface area contributed by atoms with Crippen LogP contribution in [0.5, 0.6) is 0 Å². The van der Waals surface area contributed by atoms with E-state index in [4.69, 9.17) is 16.6 Å². The number of halogens is 1. The second-order valence-corrected chi connectivity index (χ2v) is 10.2. The van der Waals surface area contributed by atoms with E-state index in [1.165, 1.54) is 6.33 Å². The monoisotopic (exact) mass is 444 g/mol. The van der Waals surface area contributed by atoms with E-state index in [9.17, 15) is 8.42 Å². The van der Waals surface area contributed by atoms with Crippen LogP contribution in [0.25, 0.3) is 0 Å². The van der Waals surface area contributed by atoms with Crippen molar-refractivity contribution in [2.45, 2.75) is 37.1 Å². The summed E-state index contributed by atoms with van der Waals surface area (Å²) in [7, 11) is -1.83. The fourth-order valence-corrected chi connectivity index (χ4v) is 5.69. The summed E-state index contributed by atoms with van der Waals surface area (Å²) in [6.45, 7) is 2.90. The van der Waals surface area contributed by atoms with Gasteiger partial charge in [-0.3, -0.25) is 4.98 Å². The summed E-state index contributed by atoms with van der Waals surface area (Å²) in [6.07, 6.45) is 5.49. The Kier molecular flexibility index (Phi) is 5.95. The zero-order valence-electron chi connectivity index (χ0n) is 17.1. The molecule has 3 heterocycles. The molecule has 2 aromatic heterocycles. The summed E-state index contributed by atoms with van der Waals surface area (Å²) >= 11 is 6.34. The lowest BCUT2D eigenvalue weighted by molar-refractivity contribution is 0.311. The molecule has 0 radical (unpaired) electrons. The zero-order chi connectivity index (χ0) is 21.3. The summed E-state index contributed by atoms with van der Waals surface area (Å²) in [6, 6.07) is 12.0. The van der Waals surface area contributed by atoms with Crippen LogP contribution in [0, 0.1) is 6.92 Å². The zero-order valence-corrected chi connectivity index (χ0v) is 18.7. The predicted molar refractivity (Wildman–Crippen MR) is 117 cm³/mol. The van der Waals surface area contributed by atoms with Crippen molar-refractivity contribution < 1.29 is 8.42 Å². The highest BCUT2D eigenvalue weighted by atomic mass is 35.5. The van der Waals surface area contributed by atoms with Crippen LogP contribution in [-0.4, -0.2) is 40.3 Å². The van der Waals surface area contributed by atoms with E-state index in [-0.39, 0.29) is 10.9 Å². The first kappa shape index (κ1) is 21.0. The molecule has 1 fully saturated rings. The number of pyridine rings is 1. The third-order valence-corrected chi connectivity index (χ3v) is 7.59. The molecule has 4 rings (SSSR count). The highest BCUT2D eigenvalue weighted by Gasteiger charge is 2.33. The summed E-state index contributed by atoms with van der Waals surface area (Å²) in [5.41, 5.74) is 4.08. The van der Waals surface area contributed by atoms with Gasteiger partial charge < -0.3 is 4.57 Å². The van der Waals surface area contributed by atoms with Crippen molar-refractivity contribution in [1.29, 1.82) is 0 Å². The predicted octanol–water partition coefficient (Wildman–Crippen LogP) is 3.94. The summed E-state index contributed by atoms with van der Waals surface area (Å²) in [5, 5.41) is 0.848. The second-order valence-electron chi connectivity index (χ2n) is 7.89. The number of aromatic nitrogens is 3. The molecule has 30 heavy (non-hydrogen) atoms. The Hall–Kier alpha value is -2.22. The highest BCUT2D eigenvalue weighted by Crippen LogP contribution is 2.30. The molecule has 0 aliphatic carbocycles. The van der Waals surface area contributed by atoms with Gasteiger partial charge in [0.1, 0.15) is 0 Å². The number of rotatable bonds is 5. The molecule has 1 aromatic carbocycles. The molecule has 1 atom stereocenters. The van der Waals surface area contributed by atoms with Crippen LogP contribution in [0.1, 0.15) is 41.3 Å². The van der Waals surface area contributed by atoms with Gasteiger partial charge >= 0.3 is 0 Å². The van der Waals surface area contributed by atoms with Gasteiger partial charge in [0, 0.05) is 48.7 Å². The average molecular weight is 445 g/mol. The van der Waals surface area contributed by atoms with Crippen molar-refractivity contribution in [1.82, 2.24) is 18.8 Å². The van der Waals surface area contributed by atoms with Crippen molar-refractivity contribution in [2.24, 2.45) is 7.05 Å². The van der Waals surface area contributed by atoms with Crippen molar-refractivity contribution in [3.63, 3.8) is 0 Å². The molecule has 6 nitrogen and oxygen atoms in total. The maximum atomic E-state index is 13.0. The lowest BCUT2D eigenvalue weighted by Gasteiger charge is -2.31. The van der Waals surface area contributed by atoms with Crippen molar-refractivity contribution in [3.05, 3.63) is 76.5 Å². The number of imidazole rings is 1. The topological polar surface area (TPSA) is 68.1 Å². The molecule has 158 valence electrons. The molecule has 8 heteroatoms. The van der Waals surface area contributed by atoms with Gasteiger partial charge in [-0.1, -0.05) is 29.8 Å². The summed E-state index contributed by atoms with van der Waals surface area (Å²) in [4.78, 5) is 8.79. The van der Waals surface area contributed by atoms with Crippen LogP contribution >= 0.6 is 11.6 Å². The number of piperidine rings is 1. The number of sulfonamides is 1. The molecule has 0 spiro atoms. The first-order valence-corrected chi connectivity index (χ1v) is 11.8. The van der Waals surface area contributed by atoms with Crippen LogP contribution < -0.4 is 0 Å². The minimum atomic E-state index is -3.60. The van der Waals surface area contributed by atoms with E-state index in [0.717, 1.165) is 46.8 Å². The molecule has 1 aliphatic heterocycles. The van der Waals surface area contributed by atoms with Gasteiger partial charge in [-0.25, -0.2) is 13.4 Å². The van der Waals surface area contributed by atoms with Crippen LogP contribution in [-0.2, 0) is 23.5 Å². The molecule has 1 saturated heterocycles. The fraction of sp³-hybridized carbons (Fsp3) is 0.364. The lowest BCUT2D eigenvalue weighted by Crippen LogP contribution is -2.39. The number of aryl methyl sites for hydroxylation is 2. The number of hydrogen-bond acceptors (Lipinski definition) is 4. The molecule has 1 aliphatic rings. The average Bonchev–Trinajstić information content (AvgIpc) is 3.17. The fourth-order valence-electron chi connectivity index (χ4n) is 4.00. The van der Waals surface area contributed by atoms with E-state index >= 15 is 0 Å². The smallest absolute Gasteiger partial charge is 0.262 e. The first-order chi connectivity index (χ1) is 14.3. The molecule has 3 aromatic rings. The summed E-state index contributed by atoms with van der Waals surface area (Å²) < 4.78 is 29.2. The van der Waals surface area contributed by atoms with E-state index in [1.807, 2.05) is 31.2 Å². The van der Waals surface area contributed by atoms with Crippen LogP contribution in [0.2, 0.25) is 5.02 Å². The summed E-state index contributed by atoms with van der Waals surface area (Å²) in [5.74, 6) is 0.0575. The standard InChI is InChI=1S/C22H25ClN4O2S/c1-16-10-17(11-18-6-3-4-8-20(18)23)12-21(25-16)19-7-5-9-27(13-19)30(28,29)22-14-26(2)15-24-22/h3-4,6,8,10,12,14-15,19H,5,7,9,11,13H2,1-2H3/t19-/m1/s1. The number of benzene rings is 1. The Bertz CT molecular complexity index is 1160. The minimum Gasteiger partial charge on any atom is -0.339 e. The normalized spacial score (nSPS) is 17.9. The van der Waals surface area contributed by atoms with Crippen LogP contribution in [0.15, 0.2) is 53.9 Å². The van der Waals surface area contributed by atoms with Gasteiger partial charge in [-0.2, -0.15) is 4.31 Å². The van der Waals surface area contributed by atoms with E-state index in [2.05, 4.69) is 17.1 Å². The molecule has 0 saturated carbocycles. The Morgan fingerprint density at radius 1 is 1.23 bits per heavy atom. The molecule has 0 unspecified atom stereocenters. The quantitative estimate of drug-likeness (QED) is 0.597. The van der Waals surface area contributed by atoms with Gasteiger partial charge in [0.05, 0.1) is 6.33 Å². The largest absolute Gasteiger partial charge is 0.339 e. The van der Waals surface area contributed by atoms with E-state index in [0.29, 0.717) is 13.1 Å². The van der Waals surface area contributed by atoms with Crippen LogP contribution in [0.4, 0.5) is 0 Å². The SMILES string of the molecule is Cc1cc(Cc2ccccc2Cl)cc([C@@H]2CCCN(S(=O)(=O)c3cn(C)cn3)C2)n1. The Balaban J connectivity index is 1.58. The molecular weight excluding hydrogens is 420 g/mol. The Labute approximate surface area is 182 Å². The Morgan fingerprint density at radius 2 is 2.03 bits per heavy atom. The molecule has 0 bridgehead atoms. The van der Waals surface area contributed by atoms with Crippen molar-refractivity contribution >= 4 is 21.6 Å². The maximum absolute atomic E-state index is 13.0. The third kappa shape index (κ3) is 4.43. The second kappa shape index (κ2) is 8.49. The minimum absolute atomic E-state index is 0.0575. The van der Waals surface area contributed by atoms with Gasteiger partial charge in [0.15, 0.2) is 5.03 Å². The number of hydrogen-bond donors (Lipinski definition) is 0. The van der Waals surface area contributed by atoms with Gasteiger partial charge in [0.2, 0.25) is 0 Å². The Morgan fingerprint density at radius 3 is 2.77 bits per heavy atom. The van der Waals surface area contributed by atoms with E-state index in [1.54, 1.807) is 22.1 Å². The first-order valence-electron chi connectivity index (χ1n) is 10.0. The van der Waals surface area contributed by atoms with Crippen molar-refractivity contribution in [2.75, 3.05) is 13.1 Å².